The van der Waals surface area contributed by atoms with Crippen LogP contribution in [0.2, 0.25) is 0 Å². The first-order valence-corrected chi connectivity index (χ1v) is 5.88. The van der Waals surface area contributed by atoms with Crippen molar-refractivity contribution in [3.8, 4) is 11.5 Å². The summed E-state index contributed by atoms with van der Waals surface area (Å²) in [6, 6.07) is 15.1. The lowest BCUT2D eigenvalue weighted by molar-refractivity contribution is -0.105. The zero-order chi connectivity index (χ0) is 13.5. The number of hydrogen-bond donors (Lipinski definition) is 1. The summed E-state index contributed by atoms with van der Waals surface area (Å²) in [5, 5.41) is 2.57. The Morgan fingerprint density at radius 3 is 2.58 bits per heavy atom. The molecule has 4 nitrogen and oxygen atoms in total. The maximum Gasteiger partial charge on any atom is 0.211 e. The number of benzene rings is 2. The molecule has 98 valence electrons. The maximum absolute atomic E-state index is 10.4. The molecule has 2 aromatic carbocycles. The molecule has 0 aliphatic carbocycles. The fourth-order valence-electron chi connectivity index (χ4n) is 1.68. The second-order valence-corrected chi connectivity index (χ2v) is 3.90. The van der Waals surface area contributed by atoms with Gasteiger partial charge in [0.05, 0.1) is 7.11 Å². The maximum atomic E-state index is 10.4. The van der Waals surface area contributed by atoms with E-state index in [1.165, 1.54) is 0 Å². The summed E-state index contributed by atoms with van der Waals surface area (Å²) in [6.45, 7) is 0.470. The van der Waals surface area contributed by atoms with Crippen molar-refractivity contribution in [3.05, 3.63) is 54.1 Å². The van der Waals surface area contributed by atoms with Gasteiger partial charge in [-0.05, 0) is 17.7 Å². The molecule has 0 aliphatic rings. The van der Waals surface area contributed by atoms with Gasteiger partial charge in [-0.1, -0.05) is 30.3 Å². The van der Waals surface area contributed by atoms with Gasteiger partial charge in [0.2, 0.25) is 6.41 Å². The van der Waals surface area contributed by atoms with Crippen LogP contribution in [-0.2, 0) is 11.4 Å². The molecule has 0 atom stereocenters. The summed E-state index contributed by atoms with van der Waals surface area (Å²) in [7, 11) is 1.56. The van der Waals surface area contributed by atoms with E-state index >= 15 is 0 Å². The van der Waals surface area contributed by atoms with Crippen LogP contribution in [0.3, 0.4) is 0 Å². The van der Waals surface area contributed by atoms with E-state index in [0.29, 0.717) is 30.2 Å². The molecule has 0 heterocycles. The molecule has 0 bridgehead atoms. The topological polar surface area (TPSA) is 47.6 Å². The van der Waals surface area contributed by atoms with Gasteiger partial charge in [0.25, 0.3) is 0 Å². The Balaban J connectivity index is 2.09. The molecule has 0 unspecified atom stereocenters. The highest BCUT2D eigenvalue weighted by Crippen LogP contribution is 2.30. The van der Waals surface area contributed by atoms with E-state index in [1.807, 2.05) is 30.3 Å². The number of anilines is 1. The predicted octanol–water partition coefficient (Wildman–Crippen LogP) is 2.84. The third-order valence-corrected chi connectivity index (χ3v) is 2.63. The van der Waals surface area contributed by atoms with E-state index in [0.717, 1.165) is 5.56 Å². The number of nitrogens with one attached hydrogen (secondary N) is 1. The van der Waals surface area contributed by atoms with Gasteiger partial charge in [-0.15, -0.1) is 0 Å². The van der Waals surface area contributed by atoms with Crippen LogP contribution in [0, 0.1) is 0 Å². The smallest absolute Gasteiger partial charge is 0.211 e. The third-order valence-electron chi connectivity index (χ3n) is 2.63. The first kappa shape index (κ1) is 13.0. The van der Waals surface area contributed by atoms with E-state index < -0.39 is 0 Å². The van der Waals surface area contributed by atoms with Crippen molar-refractivity contribution in [2.45, 2.75) is 6.61 Å². The summed E-state index contributed by atoms with van der Waals surface area (Å²) in [5.74, 6) is 1.23. The van der Waals surface area contributed by atoms with E-state index in [-0.39, 0.29) is 0 Å². The molecule has 0 aromatic heterocycles. The zero-order valence-electron chi connectivity index (χ0n) is 10.6. The second kappa shape index (κ2) is 6.44. The van der Waals surface area contributed by atoms with Crippen LogP contribution < -0.4 is 14.8 Å². The van der Waals surface area contributed by atoms with Gasteiger partial charge in [-0.2, -0.15) is 0 Å². The summed E-state index contributed by atoms with van der Waals surface area (Å²) < 4.78 is 10.9. The van der Waals surface area contributed by atoms with Crippen LogP contribution in [-0.4, -0.2) is 13.5 Å². The first-order chi connectivity index (χ1) is 9.33. The van der Waals surface area contributed by atoms with Crippen molar-refractivity contribution < 1.29 is 14.3 Å². The summed E-state index contributed by atoms with van der Waals surface area (Å²) >= 11 is 0. The Hall–Kier alpha value is -2.49. The normalized spacial score (nSPS) is 9.74. The Kier molecular flexibility index (Phi) is 4.39. The highest BCUT2D eigenvalue weighted by molar-refractivity contribution is 5.72. The first-order valence-electron chi connectivity index (χ1n) is 5.88. The summed E-state index contributed by atoms with van der Waals surface area (Å²) in [6.07, 6.45) is 0.624. The van der Waals surface area contributed by atoms with Crippen LogP contribution in [0.5, 0.6) is 11.5 Å². The molecule has 0 fully saturated rings. The molecule has 0 saturated heterocycles. The number of methoxy groups -OCH3 is 1. The van der Waals surface area contributed by atoms with E-state index in [9.17, 15) is 4.79 Å². The molecule has 2 rings (SSSR count). The molecule has 0 radical (unpaired) electrons. The van der Waals surface area contributed by atoms with Crippen molar-refractivity contribution in [1.82, 2.24) is 0 Å². The van der Waals surface area contributed by atoms with Crippen LogP contribution in [0.1, 0.15) is 5.56 Å². The van der Waals surface area contributed by atoms with Crippen molar-refractivity contribution in [3.63, 3.8) is 0 Å². The van der Waals surface area contributed by atoms with E-state index in [4.69, 9.17) is 9.47 Å². The number of ether oxygens (including phenoxy) is 2. The van der Waals surface area contributed by atoms with Crippen LogP contribution in [0.25, 0.3) is 0 Å². The van der Waals surface area contributed by atoms with Crippen molar-refractivity contribution in [2.24, 2.45) is 0 Å². The fraction of sp³-hybridized carbons (Fsp3) is 0.133. The second-order valence-electron chi connectivity index (χ2n) is 3.90. The van der Waals surface area contributed by atoms with Gasteiger partial charge in [0, 0.05) is 11.8 Å². The SMILES string of the molecule is COc1cc(NC=O)ccc1OCc1ccccc1. The molecular formula is C15H15NO3. The fourth-order valence-corrected chi connectivity index (χ4v) is 1.68. The lowest BCUT2D eigenvalue weighted by atomic mass is 10.2. The van der Waals surface area contributed by atoms with Crippen molar-refractivity contribution >= 4 is 12.1 Å². The van der Waals surface area contributed by atoms with Crippen molar-refractivity contribution in [2.75, 3.05) is 12.4 Å². The Labute approximate surface area is 112 Å². The van der Waals surface area contributed by atoms with E-state index in [2.05, 4.69) is 5.32 Å². The molecule has 0 spiro atoms. The van der Waals surface area contributed by atoms with Crippen LogP contribution >= 0.6 is 0 Å². The minimum Gasteiger partial charge on any atom is -0.493 e. The third kappa shape index (κ3) is 3.48. The molecule has 2 aromatic rings. The molecule has 4 heteroatoms. The molecule has 0 saturated carbocycles. The minimum atomic E-state index is 0.470. The Morgan fingerprint density at radius 2 is 1.89 bits per heavy atom. The number of carbonyl (C=O) groups excluding carboxylic acids is 1. The van der Waals surface area contributed by atoms with Crippen LogP contribution in [0.4, 0.5) is 5.69 Å². The van der Waals surface area contributed by atoms with Gasteiger partial charge in [-0.3, -0.25) is 4.79 Å². The zero-order valence-corrected chi connectivity index (χ0v) is 10.6. The Bertz CT molecular complexity index is 540. The number of amides is 1. The highest BCUT2D eigenvalue weighted by atomic mass is 16.5. The average Bonchev–Trinajstić information content (AvgIpc) is 2.47. The standard InChI is InChI=1S/C15H15NO3/c1-18-15-9-13(16-11-17)7-8-14(15)19-10-12-5-3-2-4-6-12/h2-9,11H,10H2,1H3,(H,16,17). The monoisotopic (exact) mass is 257 g/mol. The largest absolute Gasteiger partial charge is 0.493 e. The van der Waals surface area contributed by atoms with Gasteiger partial charge < -0.3 is 14.8 Å². The molecule has 1 N–H and O–H groups in total. The van der Waals surface area contributed by atoms with Crippen molar-refractivity contribution in [1.29, 1.82) is 0 Å². The highest BCUT2D eigenvalue weighted by Gasteiger charge is 2.05. The lowest BCUT2D eigenvalue weighted by Crippen LogP contribution is -1.99. The molecular weight excluding hydrogens is 242 g/mol. The minimum absolute atomic E-state index is 0.470. The van der Waals surface area contributed by atoms with Gasteiger partial charge in [0.15, 0.2) is 11.5 Å². The van der Waals surface area contributed by atoms with Crippen LogP contribution in [0.15, 0.2) is 48.5 Å². The number of rotatable bonds is 6. The predicted molar refractivity (Wildman–Crippen MR) is 73.5 cm³/mol. The lowest BCUT2D eigenvalue weighted by Gasteiger charge is -2.11. The van der Waals surface area contributed by atoms with Gasteiger partial charge in [-0.25, -0.2) is 0 Å². The molecule has 0 aliphatic heterocycles. The molecule has 1 amide bonds. The summed E-state index contributed by atoms with van der Waals surface area (Å²) in [4.78, 5) is 10.4. The summed E-state index contributed by atoms with van der Waals surface area (Å²) in [5.41, 5.74) is 1.75. The van der Waals surface area contributed by atoms with E-state index in [1.54, 1.807) is 25.3 Å². The average molecular weight is 257 g/mol. The molecule has 19 heavy (non-hydrogen) atoms. The quantitative estimate of drug-likeness (QED) is 0.809. The Morgan fingerprint density at radius 1 is 1.11 bits per heavy atom. The van der Waals surface area contributed by atoms with Gasteiger partial charge in [0.1, 0.15) is 6.61 Å². The number of hydrogen-bond acceptors (Lipinski definition) is 3. The number of carbonyl (C=O) groups is 1. The van der Waals surface area contributed by atoms with Gasteiger partial charge >= 0.3 is 0 Å².